The summed E-state index contributed by atoms with van der Waals surface area (Å²) in [5.41, 5.74) is 2.66. The summed E-state index contributed by atoms with van der Waals surface area (Å²) in [6, 6.07) is 3.18. The zero-order valence-electron chi connectivity index (χ0n) is 11.1. The molecule has 0 radical (unpaired) electrons. The van der Waals surface area contributed by atoms with Gasteiger partial charge in [-0.1, -0.05) is 15.9 Å². The molecule has 0 aliphatic heterocycles. The molecule has 3 nitrogen and oxygen atoms in total. The lowest BCUT2D eigenvalue weighted by Crippen LogP contribution is -2.00. The Balaban J connectivity index is 2.70. The number of hydrogen-bond donors (Lipinski definition) is 0. The van der Waals surface area contributed by atoms with E-state index < -0.39 is 10.8 Å². The molecule has 1 atom stereocenters. The summed E-state index contributed by atoms with van der Waals surface area (Å²) in [5, 5.41) is 4.92. The maximum atomic E-state index is 14.1. The molecule has 2 rings (SSSR count). The molecule has 0 N–H and O–H groups in total. The number of hydrogen-bond acceptors (Lipinski definition) is 2. The summed E-state index contributed by atoms with van der Waals surface area (Å²) in [7, 11) is 0.566. The van der Waals surface area contributed by atoms with E-state index in [1.54, 1.807) is 24.1 Å². The first-order valence-corrected chi connectivity index (χ1v) is 8.01. The van der Waals surface area contributed by atoms with E-state index in [0.717, 1.165) is 15.6 Å². The molecular weight excluding hydrogens is 331 g/mol. The van der Waals surface area contributed by atoms with Crippen LogP contribution in [0.3, 0.4) is 0 Å². The molecule has 0 fully saturated rings. The van der Waals surface area contributed by atoms with Crippen LogP contribution in [0.1, 0.15) is 11.1 Å². The number of nitrogens with zero attached hydrogens (tertiary/aromatic N) is 2. The fraction of sp³-hybridized carbons (Fsp3) is 0.308. The lowest BCUT2D eigenvalue weighted by atomic mass is 10.1. The highest BCUT2D eigenvalue weighted by molar-refractivity contribution is 9.10. The van der Waals surface area contributed by atoms with Crippen molar-refractivity contribution in [2.75, 3.05) is 6.26 Å². The van der Waals surface area contributed by atoms with Gasteiger partial charge in [-0.05, 0) is 31.5 Å². The van der Waals surface area contributed by atoms with Crippen molar-refractivity contribution in [2.45, 2.75) is 18.9 Å². The molecule has 1 heterocycles. The van der Waals surface area contributed by atoms with Crippen molar-refractivity contribution in [3.8, 4) is 11.3 Å². The highest BCUT2D eigenvalue weighted by atomic mass is 79.9. The summed E-state index contributed by atoms with van der Waals surface area (Å²) in [5.74, 6) is -0.341. The lowest BCUT2D eigenvalue weighted by molar-refractivity contribution is 0.627. The van der Waals surface area contributed by atoms with E-state index in [0.29, 0.717) is 16.3 Å². The summed E-state index contributed by atoms with van der Waals surface area (Å²) in [6.07, 6.45) is 1.59. The molecule has 102 valence electrons. The van der Waals surface area contributed by atoms with Crippen LogP contribution in [-0.2, 0) is 17.8 Å². The molecule has 0 saturated carbocycles. The third-order valence-corrected chi connectivity index (χ3v) is 4.96. The van der Waals surface area contributed by atoms with Crippen LogP contribution in [0, 0.1) is 19.7 Å². The average Bonchev–Trinajstić information content (AvgIpc) is 2.59. The summed E-state index contributed by atoms with van der Waals surface area (Å²) < 4.78 is 28.0. The quantitative estimate of drug-likeness (QED) is 0.837. The fourth-order valence-corrected chi connectivity index (χ4v) is 3.37. The minimum atomic E-state index is -1.15. The Hall–Kier alpha value is -1.01. The highest BCUT2D eigenvalue weighted by Gasteiger charge is 2.19. The Morgan fingerprint density at radius 3 is 2.53 bits per heavy atom. The van der Waals surface area contributed by atoms with Crippen LogP contribution < -0.4 is 0 Å². The number of halogens is 2. The average molecular weight is 345 g/mol. The molecule has 0 amide bonds. The van der Waals surface area contributed by atoms with Crippen LogP contribution in [-0.4, -0.2) is 20.2 Å². The zero-order valence-corrected chi connectivity index (χ0v) is 13.5. The van der Waals surface area contributed by atoms with Gasteiger partial charge in [-0.25, -0.2) is 4.39 Å². The van der Waals surface area contributed by atoms with Crippen LogP contribution in [0.2, 0.25) is 0 Å². The molecule has 1 unspecified atom stereocenters. The van der Waals surface area contributed by atoms with Crippen LogP contribution in [0.25, 0.3) is 11.3 Å². The number of rotatable bonds is 2. The van der Waals surface area contributed by atoms with Gasteiger partial charge in [-0.15, -0.1) is 0 Å². The summed E-state index contributed by atoms with van der Waals surface area (Å²) in [4.78, 5) is 0. The van der Waals surface area contributed by atoms with Crippen molar-refractivity contribution < 1.29 is 8.60 Å². The first-order valence-electron chi connectivity index (χ1n) is 5.66. The van der Waals surface area contributed by atoms with Crippen molar-refractivity contribution in [3.63, 3.8) is 0 Å². The maximum Gasteiger partial charge on any atom is 0.133 e. The molecule has 0 bridgehead atoms. The Morgan fingerprint density at radius 2 is 2.00 bits per heavy atom. The number of aromatic nitrogens is 2. The van der Waals surface area contributed by atoms with Crippen molar-refractivity contribution in [1.29, 1.82) is 0 Å². The second kappa shape index (κ2) is 5.17. The van der Waals surface area contributed by atoms with E-state index in [2.05, 4.69) is 21.0 Å². The number of benzene rings is 1. The third-order valence-electron chi connectivity index (χ3n) is 3.00. The Morgan fingerprint density at radius 1 is 1.37 bits per heavy atom. The topological polar surface area (TPSA) is 34.9 Å². The predicted molar refractivity (Wildman–Crippen MR) is 78.1 cm³/mol. The molecule has 0 saturated heterocycles. The first-order chi connectivity index (χ1) is 8.82. The lowest BCUT2D eigenvalue weighted by Gasteiger charge is -2.05. The third kappa shape index (κ3) is 2.51. The van der Waals surface area contributed by atoms with Gasteiger partial charge < -0.3 is 0 Å². The van der Waals surface area contributed by atoms with Crippen LogP contribution in [0.15, 0.2) is 21.6 Å². The first kappa shape index (κ1) is 14.4. The van der Waals surface area contributed by atoms with Gasteiger partial charge in [-0.2, -0.15) is 5.10 Å². The SMILES string of the molecule is Cc1cc(-c2nn(C)c(S(C)=O)c2C)c(F)cc1Br. The van der Waals surface area contributed by atoms with Crippen LogP contribution >= 0.6 is 15.9 Å². The van der Waals surface area contributed by atoms with Gasteiger partial charge in [0.25, 0.3) is 0 Å². The van der Waals surface area contributed by atoms with Gasteiger partial charge in [0.2, 0.25) is 0 Å². The molecule has 2 aromatic rings. The van der Waals surface area contributed by atoms with Gasteiger partial charge in [0, 0.05) is 28.9 Å². The van der Waals surface area contributed by atoms with Crippen LogP contribution in [0.4, 0.5) is 4.39 Å². The molecule has 0 aliphatic carbocycles. The molecule has 6 heteroatoms. The smallest absolute Gasteiger partial charge is 0.133 e. The van der Waals surface area contributed by atoms with E-state index >= 15 is 0 Å². The molecular formula is C13H14BrFN2OS. The molecule has 1 aromatic carbocycles. The minimum absolute atomic E-state index is 0.341. The maximum absolute atomic E-state index is 14.1. The van der Waals surface area contributed by atoms with E-state index in [9.17, 15) is 8.60 Å². The zero-order chi connectivity index (χ0) is 14.3. The van der Waals surface area contributed by atoms with E-state index in [1.807, 2.05) is 13.8 Å². The molecule has 0 spiro atoms. The van der Waals surface area contributed by atoms with Gasteiger partial charge >= 0.3 is 0 Å². The van der Waals surface area contributed by atoms with E-state index in [-0.39, 0.29) is 5.82 Å². The van der Waals surface area contributed by atoms with Crippen LogP contribution in [0.5, 0.6) is 0 Å². The molecule has 19 heavy (non-hydrogen) atoms. The predicted octanol–water partition coefficient (Wildman–Crippen LogP) is 3.34. The largest absolute Gasteiger partial charge is 0.259 e. The Kier molecular flexibility index (Phi) is 3.92. The van der Waals surface area contributed by atoms with Gasteiger partial charge in [-0.3, -0.25) is 8.89 Å². The van der Waals surface area contributed by atoms with Crippen molar-refractivity contribution in [3.05, 3.63) is 33.5 Å². The Bertz CT molecular complexity index is 682. The second-order valence-corrected chi connectivity index (χ2v) is 6.59. The number of aryl methyl sites for hydroxylation is 2. The van der Waals surface area contributed by atoms with E-state index in [4.69, 9.17) is 0 Å². The normalized spacial score (nSPS) is 12.7. The summed E-state index contributed by atoms with van der Waals surface area (Å²) >= 11 is 3.30. The summed E-state index contributed by atoms with van der Waals surface area (Å²) in [6.45, 7) is 3.71. The van der Waals surface area contributed by atoms with E-state index in [1.165, 1.54) is 6.07 Å². The van der Waals surface area contributed by atoms with Gasteiger partial charge in [0.1, 0.15) is 10.8 Å². The molecule has 0 aliphatic rings. The van der Waals surface area contributed by atoms with Crippen molar-refractivity contribution in [2.24, 2.45) is 7.05 Å². The minimum Gasteiger partial charge on any atom is -0.259 e. The fourth-order valence-electron chi connectivity index (χ4n) is 2.11. The standard InChI is InChI=1S/C13H14BrFN2OS/c1-7-5-9(11(15)6-10(7)14)12-8(2)13(19(4)18)17(3)16-12/h5-6H,1-4H3. The van der Waals surface area contributed by atoms with Gasteiger partial charge in [0.15, 0.2) is 0 Å². The highest BCUT2D eigenvalue weighted by Crippen LogP contribution is 2.31. The Labute approximate surface area is 122 Å². The van der Waals surface area contributed by atoms with Crippen molar-refractivity contribution in [1.82, 2.24) is 9.78 Å². The second-order valence-electron chi connectivity index (χ2n) is 4.44. The monoisotopic (exact) mass is 344 g/mol. The van der Waals surface area contributed by atoms with Gasteiger partial charge in [0.05, 0.1) is 16.5 Å². The molecule has 1 aromatic heterocycles. The van der Waals surface area contributed by atoms with Crippen molar-refractivity contribution >= 4 is 26.7 Å².